The van der Waals surface area contributed by atoms with E-state index in [0.29, 0.717) is 16.5 Å². The Morgan fingerprint density at radius 3 is 2.13 bits per heavy atom. The lowest BCUT2D eigenvalue weighted by atomic mass is 9.73. The molecule has 0 fully saturated rings. The first kappa shape index (κ1) is 19.5. The van der Waals surface area contributed by atoms with Gasteiger partial charge in [0.2, 0.25) is 0 Å². The molecular formula is C25H23Cl2N3. The van der Waals surface area contributed by atoms with Crippen molar-refractivity contribution in [3.05, 3.63) is 94.0 Å². The molecule has 1 unspecified atom stereocenters. The van der Waals surface area contributed by atoms with Gasteiger partial charge in [0.05, 0.1) is 21.4 Å². The molecule has 1 atom stereocenters. The predicted octanol–water partition coefficient (Wildman–Crippen LogP) is 6.73. The van der Waals surface area contributed by atoms with Crippen LogP contribution in [0.4, 0.5) is 11.4 Å². The van der Waals surface area contributed by atoms with Gasteiger partial charge in [-0.25, -0.2) is 5.01 Å². The van der Waals surface area contributed by atoms with Crippen LogP contribution < -0.4 is 9.91 Å². The van der Waals surface area contributed by atoms with Gasteiger partial charge < -0.3 is 4.90 Å². The average molecular weight is 436 g/mol. The number of nitrogens with zero attached hydrogens (tertiary/aromatic N) is 3. The van der Waals surface area contributed by atoms with E-state index in [4.69, 9.17) is 28.3 Å². The van der Waals surface area contributed by atoms with Gasteiger partial charge in [0.25, 0.3) is 0 Å². The fourth-order valence-electron chi connectivity index (χ4n) is 5.17. The van der Waals surface area contributed by atoms with Gasteiger partial charge in [-0.3, -0.25) is 0 Å². The Bertz CT molecular complexity index is 1140. The second-order valence-electron chi connectivity index (χ2n) is 8.49. The number of fused-ring (bicyclic) bond motifs is 1. The van der Waals surface area contributed by atoms with Gasteiger partial charge in [-0.15, -0.1) is 0 Å². The lowest BCUT2D eigenvalue weighted by molar-refractivity contribution is 0.279. The zero-order valence-corrected chi connectivity index (χ0v) is 18.7. The molecule has 0 N–H and O–H groups in total. The maximum absolute atomic E-state index is 6.60. The van der Waals surface area contributed by atoms with Crippen molar-refractivity contribution in [1.82, 2.24) is 0 Å². The minimum absolute atomic E-state index is 0.201. The minimum atomic E-state index is -0.421. The molecule has 0 bridgehead atoms. The van der Waals surface area contributed by atoms with Crippen LogP contribution in [-0.4, -0.2) is 18.4 Å². The zero-order valence-electron chi connectivity index (χ0n) is 17.2. The topological polar surface area (TPSA) is 18.8 Å². The Hall–Kier alpha value is -2.49. The molecule has 3 aromatic rings. The van der Waals surface area contributed by atoms with E-state index in [9.17, 15) is 0 Å². The normalized spacial score (nSPS) is 21.8. The van der Waals surface area contributed by atoms with Crippen molar-refractivity contribution < 1.29 is 0 Å². The molecule has 0 aliphatic carbocycles. The number of hydrogen-bond donors (Lipinski definition) is 0. The Morgan fingerprint density at radius 2 is 1.47 bits per heavy atom. The lowest BCUT2D eigenvalue weighted by Gasteiger charge is -2.48. The monoisotopic (exact) mass is 435 g/mol. The molecule has 0 amide bonds. The maximum atomic E-state index is 6.60. The van der Waals surface area contributed by atoms with E-state index in [1.54, 1.807) is 0 Å². The third kappa shape index (κ3) is 2.49. The molecule has 0 radical (unpaired) electrons. The predicted molar refractivity (Wildman–Crippen MR) is 127 cm³/mol. The van der Waals surface area contributed by atoms with Crippen molar-refractivity contribution in [2.24, 2.45) is 5.10 Å². The zero-order chi connectivity index (χ0) is 21.1. The van der Waals surface area contributed by atoms with Crippen LogP contribution in [0.1, 0.15) is 31.4 Å². The van der Waals surface area contributed by atoms with Crippen LogP contribution in [0.15, 0.2) is 77.9 Å². The van der Waals surface area contributed by atoms with E-state index in [0.717, 1.165) is 17.0 Å². The van der Waals surface area contributed by atoms with Crippen molar-refractivity contribution in [3.63, 3.8) is 0 Å². The molecule has 0 saturated carbocycles. The largest absolute Gasteiger partial charge is 0.349 e. The maximum Gasteiger partial charge on any atom is 0.149 e. The number of likely N-dealkylation sites (N-methyl/N-ethyl adjacent to an activating group) is 1. The first-order valence-corrected chi connectivity index (χ1v) is 10.8. The molecule has 0 saturated heterocycles. The van der Waals surface area contributed by atoms with Crippen molar-refractivity contribution in [2.75, 3.05) is 17.0 Å². The number of rotatable bonds is 2. The molecule has 152 valence electrons. The van der Waals surface area contributed by atoms with Crippen molar-refractivity contribution >= 4 is 40.3 Å². The highest BCUT2D eigenvalue weighted by atomic mass is 35.5. The average Bonchev–Trinajstić information content (AvgIpc) is 3.22. The standard InChI is InChI=1S/C25H23Cl2N3/c1-24(2)18-12-7-8-15-22(18)29(3)25(24)16-21(23-19(26)13-9-14-20(23)27)28-30(25)17-10-5-4-6-11-17/h4-15H,16H2,1-3H3. The van der Waals surface area contributed by atoms with Gasteiger partial charge in [0.1, 0.15) is 5.66 Å². The van der Waals surface area contributed by atoms with Gasteiger partial charge in [-0.05, 0) is 35.9 Å². The van der Waals surface area contributed by atoms with Gasteiger partial charge in [0, 0.05) is 30.1 Å². The number of anilines is 2. The second kappa shape index (κ2) is 6.76. The highest BCUT2D eigenvalue weighted by molar-refractivity contribution is 6.40. The molecule has 0 aromatic heterocycles. The van der Waals surface area contributed by atoms with Crippen LogP contribution >= 0.6 is 23.2 Å². The van der Waals surface area contributed by atoms with Gasteiger partial charge in [0.15, 0.2) is 0 Å². The minimum Gasteiger partial charge on any atom is -0.349 e. The van der Waals surface area contributed by atoms with Crippen molar-refractivity contribution in [1.29, 1.82) is 0 Å². The van der Waals surface area contributed by atoms with Gasteiger partial charge in [-0.2, -0.15) is 5.10 Å². The molecule has 3 nitrogen and oxygen atoms in total. The van der Waals surface area contributed by atoms with Gasteiger partial charge in [-0.1, -0.05) is 79.5 Å². The van der Waals surface area contributed by atoms with Crippen molar-refractivity contribution in [3.8, 4) is 0 Å². The van der Waals surface area contributed by atoms with Crippen LogP contribution in [0.5, 0.6) is 0 Å². The Morgan fingerprint density at radius 1 is 0.833 bits per heavy atom. The summed E-state index contributed by atoms with van der Waals surface area (Å²) in [6, 6.07) is 24.6. The van der Waals surface area contributed by atoms with E-state index < -0.39 is 5.66 Å². The lowest BCUT2D eigenvalue weighted by Crippen LogP contribution is -2.62. The quantitative estimate of drug-likeness (QED) is 0.444. The summed E-state index contributed by atoms with van der Waals surface area (Å²) in [5, 5.41) is 8.58. The number of para-hydroxylation sites is 2. The number of hydrogen-bond acceptors (Lipinski definition) is 3. The molecule has 1 spiro atoms. The molecule has 5 heteroatoms. The van der Waals surface area contributed by atoms with E-state index in [1.807, 2.05) is 36.4 Å². The van der Waals surface area contributed by atoms with Crippen LogP contribution in [-0.2, 0) is 5.41 Å². The summed E-state index contributed by atoms with van der Waals surface area (Å²) in [5.41, 5.74) is 4.69. The Balaban J connectivity index is 1.75. The first-order valence-electron chi connectivity index (χ1n) is 10.1. The van der Waals surface area contributed by atoms with Crippen LogP contribution in [0.25, 0.3) is 0 Å². The number of halogens is 2. The van der Waals surface area contributed by atoms with Crippen LogP contribution in [0.2, 0.25) is 10.0 Å². The third-order valence-corrected chi connectivity index (χ3v) is 7.36. The molecule has 2 heterocycles. The molecule has 3 aromatic carbocycles. The van der Waals surface area contributed by atoms with E-state index in [-0.39, 0.29) is 5.41 Å². The van der Waals surface area contributed by atoms with E-state index in [2.05, 4.69) is 67.2 Å². The summed E-state index contributed by atoms with van der Waals surface area (Å²) in [4.78, 5) is 2.37. The third-order valence-electron chi connectivity index (χ3n) is 6.73. The van der Waals surface area contributed by atoms with Crippen molar-refractivity contribution in [2.45, 2.75) is 31.3 Å². The Kier molecular flexibility index (Phi) is 4.39. The fourth-order valence-corrected chi connectivity index (χ4v) is 5.79. The summed E-state index contributed by atoms with van der Waals surface area (Å²) < 4.78 is 0. The summed E-state index contributed by atoms with van der Waals surface area (Å²) in [6.45, 7) is 4.61. The molecule has 2 aliphatic rings. The summed E-state index contributed by atoms with van der Waals surface area (Å²) in [7, 11) is 2.16. The molecule has 5 rings (SSSR count). The van der Waals surface area contributed by atoms with E-state index in [1.165, 1.54) is 11.3 Å². The first-order chi connectivity index (χ1) is 14.4. The highest BCUT2D eigenvalue weighted by Crippen LogP contribution is 2.57. The van der Waals surface area contributed by atoms with Crippen LogP contribution in [0, 0.1) is 0 Å². The number of hydrazone groups is 1. The molecule has 2 aliphatic heterocycles. The smallest absolute Gasteiger partial charge is 0.149 e. The van der Waals surface area contributed by atoms with E-state index >= 15 is 0 Å². The highest BCUT2D eigenvalue weighted by Gasteiger charge is 2.62. The summed E-state index contributed by atoms with van der Waals surface area (Å²) >= 11 is 13.2. The number of benzene rings is 3. The van der Waals surface area contributed by atoms with Crippen LogP contribution in [0.3, 0.4) is 0 Å². The van der Waals surface area contributed by atoms with Gasteiger partial charge >= 0.3 is 0 Å². The molecular weight excluding hydrogens is 413 g/mol. The summed E-state index contributed by atoms with van der Waals surface area (Å²) in [6.07, 6.45) is 0.698. The fraction of sp³-hybridized carbons (Fsp3) is 0.240. The summed E-state index contributed by atoms with van der Waals surface area (Å²) in [5.74, 6) is 0. The SMILES string of the molecule is CN1c2ccccc2C(C)(C)C12CC(c1c(Cl)cccc1Cl)=NN2c1ccccc1. The second-order valence-corrected chi connectivity index (χ2v) is 9.30. The molecule has 30 heavy (non-hydrogen) atoms. The Labute approximate surface area is 187 Å².